The average molecular weight is 623 g/mol. The van der Waals surface area contributed by atoms with Crippen LogP contribution in [-0.4, -0.2) is 103 Å². The van der Waals surface area contributed by atoms with Crippen molar-refractivity contribution < 1.29 is 43.2 Å². The quantitative estimate of drug-likeness (QED) is 0.0992. The Labute approximate surface area is 258 Å². The van der Waals surface area contributed by atoms with E-state index in [1.165, 1.54) is 11.2 Å². The van der Waals surface area contributed by atoms with E-state index in [2.05, 4.69) is 25.9 Å². The summed E-state index contributed by atoms with van der Waals surface area (Å²) in [5, 5.41) is 17.4. The fourth-order valence-corrected chi connectivity index (χ4v) is 5.01. The summed E-state index contributed by atoms with van der Waals surface area (Å²) in [6.45, 7) is 1.73. The van der Waals surface area contributed by atoms with E-state index in [0.29, 0.717) is 79.7 Å². The molecule has 1 saturated heterocycles. The molecule has 15 nitrogen and oxygen atoms in total. The van der Waals surface area contributed by atoms with Crippen LogP contribution in [0.15, 0.2) is 42.7 Å². The standard InChI is InChI=1S/C30H34N6O9/c37-18-44-13-12-43-11-10-42-9-8-31-26(39)16-45-24-3-1-2-21-27(24)32-17-33-28(21)34-20-5-4-19-15-36(30(41)22(19)14-20)23-6-7-25(38)35-29(23)40/h1-5,14,17,23,37H,6-13,15-16,18H2,(H,31,39)(H,32,33,34)(H,35,38,40). The third kappa shape index (κ3) is 8.07. The molecule has 238 valence electrons. The van der Waals surface area contributed by atoms with Gasteiger partial charge in [0.2, 0.25) is 11.8 Å². The molecule has 0 aliphatic carbocycles. The number of nitrogens with zero attached hydrogens (tertiary/aromatic N) is 3. The van der Waals surface area contributed by atoms with Crippen LogP contribution in [0.25, 0.3) is 10.9 Å². The number of amides is 4. The second kappa shape index (κ2) is 15.3. The Bertz CT molecular complexity index is 1550. The predicted octanol–water partition coefficient (Wildman–Crippen LogP) is 0.629. The number of hydrogen-bond donors (Lipinski definition) is 4. The maximum atomic E-state index is 13.2. The van der Waals surface area contributed by atoms with Crippen LogP contribution in [0, 0.1) is 0 Å². The molecule has 0 radical (unpaired) electrons. The molecule has 5 rings (SSSR count). The molecule has 3 aromatic rings. The van der Waals surface area contributed by atoms with E-state index in [4.69, 9.17) is 24.1 Å². The highest BCUT2D eigenvalue weighted by Crippen LogP contribution is 2.32. The van der Waals surface area contributed by atoms with Crippen LogP contribution in [0.1, 0.15) is 28.8 Å². The molecular formula is C30H34N6O9. The van der Waals surface area contributed by atoms with Crippen molar-refractivity contribution in [1.29, 1.82) is 0 Å². The van der Waals surface area contributed by atoms with Gasteiger partial charge in [-0.3, -0.25) is 24.5 Å². The lowest BCUT2D eigenvalue weighted by atomic mass is 10.0. The second-order valence-corrected chi connectivity index (χ2v) is 10.2. The number of aromatic nitrogens is 2. The van der Waals surface area contributed by atoms with E-state index >= 15 is 0 Å². The van der Waals surface area contributed by atoms with Gasteiger partial charge in [0.15, 0.2) is 6.61 Å². The number of piperidine rings is 1. The molecule has 2 aromatic carbocycles. The SMILES string of the molecule is O=C(COc1cccc2c(Nc3ccc4c(c3)C(=O)N(C3CCC(=O)NC3=O)C4)ncnc12)NCCOCCOCCOCO. The van der Waals surface area contributed by atoms with Crippen LogP contribution < -0.4 is 20.7 Å². The van der Waals surface area contributed by atoms with E-state index in [0.717, 1.165) is 5.56 Å². The number of carbonyl (C=O) groups is 4. The van der Waals surface area contributed by atoms with Crippen LogP contribution in [0.4, 0.5) is 11.5 Å². The van der Waals surface area contributed by atoms with E-state index < -0.39 is 11.9 Å². The van der Waals surface area contributed by atoms with Crippen molar-refractivity contribution in [2.75, 3.05) is 58.3 Å². The Kier molecular flexibility index (Phi) is 10.8. The van der Waals surface area contributed by atoms with Gasteiger partial charge in [0.25, 0.3) is 11.8 Å². The minimum Gasteiger partial charge on any atom is -0.481 e. The normalized spacial score (nSPS) is 16.1. The Morgan fingerprint density at radius 2 is 1.82 bits per heavy atom. The number of imide groups is 1. The average Bonchev–Trinajstić information content (AvgIpc) is 3.36. The molecule has 4 amide bonds. The third-order valence-corrected chi connectivity index (χ3v) is 7.18. The molecule has 2 aliphatic heterocycles. The highest BCUT2D eigenvalue weighted by molar-refractivity contribution is 6.06. The van der Waals surface area contributed by atoms with Gasteiger partial charge in [0.05, 0.1) is 33.0 Å². The zero-order chi connectivity index (χ0) is 31.6. The zero-order valence-electron chi connectivity index (χ0n) is 24.5. The predicted molar refractivity (Wildman–Crippen MR) is 158 cm³/mol. The number of carbonyl (C=O) groups excluding carboxylic acids is 4. The van der Waals surface area contributed by atoms with Crippen molar-refractivity contribution in [3.8, 4) is 5.75 Å². The maximum absolute atomic E-state index is 13.2. The molecular weight excluding hydrogens is 588 g/mol. The first kappa shape index (κ1) is 31.7. The summed E-state index contributed by atoms with van der Waals surface area (Å²) in [4.78, 5) is 59.6. The number of benzene rings is 2. The number of aliphatic hydroxyl groups is 1. The number of rotatable bonds is 16. The number of nitrogens with one attached hydrogen (secondary N) is 3. The van der Waals surface area contributed by atoms with E-state index in [1.807, 2.05) is 18.2 Å². The zero-order valence-corrected chi connectivity index (χ0v) is 24.5. The molecule has 0 spiro atoms. The molecule has 0 saturated carbocycles. The van der Waals surface area contributed by atoms with Crippen molar-refractivity contribution in [3.63, 3.8) is 0 Å². The van der Waals surface area contributed by atoms with Crippen molar-refractivity contribution in [3.05, 3.63) is 53.9 Å². The Morgan fingerprint density at radius 3 is 2.62 bits per heavy atom. The number of hydrogen-bond acceptors (Lipinski definition) is 12. The first-order valence-corrected chi connectivity index (χ1v) is 14.5. The van der Waals surface area contributed by atoms with Crippen molar-refractivity contribution in [2.45, 2.75) is 25.4 Å². The highest BCUT2D eigenvalue weighted by atomic mass is 16.6. The molecule has 0 bridgehead atoms. The molecule has 1 unspecified atom stereocenters. The minimum atomic E-state index is -0.687. The van der Waals surface area contributed by atoms with Crippen molar-refractivity contribution >= 4 is 46.0 Å². The Hall–Kier alpha value is -4.70. The summed E-state index contributed by atoms with van der Waals surface area (Å²) in [5.41, 5.74) is 2.37. The van der Waals surface area contributed by atoms with E-state index in [1.54, 1.807) is 18.2 Å². The molecule has 1 fully saturated rings. The minimum absolute atomic E-state index is 0.191. The largest absolute Gasteiger partial charge is 0.481 e. The topological polar surface area (TPSA) is 191 Å². The van der Waals surface area contributed by atoms with Crippen LogP contribution in [0.2, 0.25) is 0 Å². The lowest BCUT2D eigenvalue weighted by Gasteiger charge is -2.29. The van der Waals surface area contributed by atoms with Gasteiger partial charge < -0.3 is 39.6 Å². The summed E-state index contributed by atoms with van der Waals surface area (Å²) in [6, 6.07) is 9.96. The molecule has 1 atom stereocenters. The van der Waals surface area contributed by atoms with Gasteiger partial charge in [-0.25, -0.2) is 9.97 Å². The number of para-hydroxylation sites is 1. The Morgan fingerprint density at radius 1 is 1.02 bits per heavy atom. The summed E-state index contributed by atoms with van der Waals surface area (Å²) in [5.74, 6) is -0.508. The van der Waals surface area contributed by atoms with Crippen LogP contribution in [0.5, 0.6) is 5.75 Å². The number of ether oxygens (including phenoxy) is 4. The fraction of sp³-hybridized carbons (Fsp3) is 0.400. The number of anilines is 2. The van der Waals surface area contributed by atoms with Gasteiger partial charge in [-0.1, -0.05) is 12.1 Å². The van der Waals surface area contributed by atoms with Crippen LogP contribution in [-0.2, 0) is 35.1 Å². The van der Waals surface area contributed by atoms with Gasteiger partial charge in [0.1, 0.15) is 36.2 Å². The highest BCUT2D eigenvalue weighted by Gasteiger charge is 2.39. The summed E-state index contributed by atoms with van der Waals surface area (Å²) in [6.07, 6.45) is 1.86. The molecule has 4 N–H and O–H groups in total. The third-order valence-electron chi connectivity index (χ3n) is 7.18. The summed E-state index contributed by atoms with van der Waals surface area (Å²) in [7, 11) is 0. The molecule has 45 heavy (non-hydrogen) atoms. The number of aliphatic hydroxyl groups excluding tert-OH is 1. The van der Waals surface area contributed by atoms with Gasteiger partial charge in [-0.2, -0.15) is 0 Å². The van der Waals surface area contributed by atoms with Gasteiger partial charge in [-0.05, 0) is 36.2 Å². The van der Waals surface area contributed by atoms with Gasteiger partial charge in [-0.15, -0.1) is 0 Å². The number of fused-ring (bicyclic) bond motifs is 2. The van der Waals surface area contributed by atoms with E-state index in [9.17, 15) is 19.2 Å². The summed E-state index contributed by atoms with van der Waals surface area (Å²) >= 11 is 0. The molecule has 15 heteroatoms. The smallest absolute Gasteiger partial charge is 0.258 e. The first-order chi connectivity index (χ1) is 21.9. The van der Waals surface area contributed by atoms with Crippen molar-refractivity contribution in [2.24, 2.45) is 0 Å². The van der Waals surface area contributed by atoms with E-state index in [-0.39, 0.29) is 44.1 Å². The van der Waals surface area contributed by atoms with Gasteiger partial charge >= 0.3 is 0 Å². The monoisotopic (exact) mass is 622 g/mol. The molecule has 2 aliphatic rings. The maximum Gasteiger partial charge on any atom is 0.258 e. The second-order valence-electron chi connectivity index (χ2n) is 10.2. The van der Waals surface area contributed by atoms with Gasteiger partial charge in [0, 0.05) is 36.1 Å². The molecule has 1 aromatic heterocycles. The lowest BCUT2D eigenvalue weighted by molar-refractivity contribution is -0.137. The first-order valence-electron chi connectivity index (χ1n) is 14.5. The fourth-order valence-electron chi connectivity index (χ4n) is 5.01. The summed E-state index contributed by atoms with van der Waals surface area (Å²) < 4.78 is 21.2. The lowest BCUT2D eigenvalue weighted by Crippen LogP contribution is -2.52. The van der Waals surface area contributed by atoms with Crippen molar-refractivity contribution in [1.82, 2.24) is 25.5 Å². The Balaban J connectivity index is 1.14. The van der Waals surface area contributed by atoms with Crippen LogP contribution >= 0.6 is 0 Å². The van der Waals surface area contributed by atoms with Crippen LogP contribution in [0.3, 0.4) is 0 Å². The molecule has 3 heterocycles.